The third-order valence-electron chi connectivity index (χ3n) is 3.65. The fourth-order valence-electron chi connectivity index (χ4n) is 2.48. The number of nitrogens with zero attached hydrogens (tertiary/aromatic N) is 1. The standard InChI is InChI=1S/C16H10BrClN2O5/c1-25-14-4-7(3-10(17)15(14)21)2-9-8-5-13(20(23)24)11(18)6-12(8)19-16(9)22/h2-6,21H,1H3,(H,19,22)/b9-2+. The Morgan fingerprint density at radius 1 is 1.36 bits per heavy atom. The minimum absolute atomic E-state index is 0.0562. The van der Waals surface area contributed by atoms with Crippen LogP contribution in [0, 0.1) is 10.1 Å². The Morgan fingerprint density at radius 3 is 2.72 bits per heavy atom. The monoisotopic (exact) mass is 424 g/mol. The van der Waals surface area contributed by atoms with E-state index in [2.05, 4.69) is 21.2 Å². The molecule has 0 unspecified atom stereocenters. The lowest BCUT2D eigenvalue weighted by Gasteiger charge is -2.07. The first kappa shape index (κ1) is 17.2. The van der Waals surface area contributed by atoms with Crippen molar-refractivity contribution in [2.45, 2.75) is 0 Å². The van der Waals surface area contributed by atoms with Gasteiger partial charge >= 0.3 is 0 Å². The highest BCUT2D eigenvalue weighted by Crippen LogP contribution is 2.41. The molecular formula is C16H10BrClN2O5. The van der Waals surface area contributed by atoms with Gasteiger partial charge in [0.05, 0.1) is 22.2 Å². The Hall–Kier alpha value is -2.58. The van der Waals surface area contributed by atoms with Crippen LogP contribution in [0.15, 0.2) is 28.7 Å². The molecule has 0 radical (unpaired) electrons. The maximum absolute atomic E-state index is 12.2. The molecule has 0 bridgehead atoms. The average molecular weight is 426 g/mol. The van der Waals surface area contributed by atoms with Gasteiger partial charge in [0, 0.05) is 17.2 Å². The smallest absolute Gasteiger partial charge is 0.288 e. The average Bonchev–Trinajstić information content (AvgIpc) is 2.84. The van der Waals surface area contributed by atoms with Gasteiger partial charge in [0.25, 0.3) is 11.6 Å². The largest absolute Gasteiger partial charge is 0.503 e. The van der Waals surface area contributed by atoms with Crippen molar-refractivity contribution < 1.29 is 19.6 Å². The van der Waals surface area contributed by atoms with E-state index in [0.29, 0.717) is 21.3 Å². The van der Waals surface area contributed by atoms with Gasteiger partial charge in [-0.1, -0.05) is 11.6 Å². The first-order valence-corrected chi connectivity index (χ1v) is 8.06. The summed E-state index contributed by atoms with van der Waals surface area (Å²) in [6.45, 7) is 0. The Balaban J connectivity index is 2.15. The number of phenolic OH excluding ortho intramolecular Hbond substituents is 1. The molecule has 2 aromatic carbocycles. The number of methoxy groups -OCH3 is 1. The molecule has 0 aliphatic carbocycles. The van der Waals surface area contributed by atoms with Crippen LogP contribution < -0.4 is 10.1 Å². The number of hydrogen-bond acceptors (Lipinski definition) is 5. The maximum atomic E-state index is 12.2. The van der Waals surface area contributed by atoms with Gasteiger partial charge in [0.2, 0.25) is 0 Å². The molecule has 1 heterocycles. The van der Waals surface area contributed by atoms with E-state index < -0.39 is 10.8 Å². The molecule has 1 amide bonds. The number of halogens is 2. The summed E-state index contributed by atoms with van der Waals surface area (Å²) in [6.07, 6.45) is 1.55. The summed E-state index contributed by atoms with van der Waals surface area (Å²) in [5, 5.41) is 23.5. The zero-order valence-electron chi connectivity index (χ0n) is 12.7. The van der Waals surface area contributed by atoms with E-state index in [1.165, 1.54) is 19.2 Å². The zero-order chi connectivity index (χ0) is 18.3. The van der Waals surface area contributed by atoms with E-state index in [1.807, 2.05) is 0 Å². The lowest BCUT2D eigenvalue weighted by atomic mass is 10.0. The summed E-state index contributed by atoms with van der Waals surface area (Å²) in [5.41, 5.74) is 1.31. The van der Waals surface area contributed by atoms with Crippen LogP contribution in [0.25, 0.3) is 11.6 Å². The number of anilines is 1. The second-order valence-electron chi connectivity index (χ2n) is 5.17. The van der Waals surface area contributed by atoms with Crippen LogP contribution in [0.5, 0.6) is 11.5 Å². The Labute approximate surface area is 155 Å². The summed E-state index contributed by atoms with van der Waals surface area (Å²) >= 11 is 9.08. The van der Waals surface area contributed by atoms with Gasteiger partial charge in [0.1, 0.15) is 5.02 Å². The van der Waals surface area contributed by atoms with Gasteiger partial charge < -0.3 is 15.2 Å². The number of nitro benzene ring substituents is 1. The van der Waals surface area contributed by atoms with E-state index in [4.69, 9.17) is 16.3 Å². The summed E-state index contributed by atoms with van der Waals surface area (Å²) < 4.78 is 5.47. The van der Waals surface area contributed by atoms with E-state index in [9.17, 15) is 20.0 Å². The first-order valence-electron chi connectivity index (χ1n) is 6.89. The van der Waals surface area contributed by atoms with Crippen molar-refractivity contribution >= 4 is 56.5 Å². The Bertz CT molecular complexity index is 958. The zero-order valence-corrected chi connectivity index (χ0v) is 15.0. The first-order chi connectivity index (χ1) is 11.8. The van der Waals surface area contributed by atoms with Gasteiger partial charge in [0.15, 0.2) is 11.5 Å². The summed E-state index contributed by atoms with van der Waals surface area (Å²) in [5.74, 6) is -0.250. The molecule has 0 spiro atoms. The van der Waals surface area contributed by atoms with Crippen LogP contribution in [0.4, 0.5) is 11.4 Å². The van der Waals surface area contributed by atoms with Crippen LogP contribution >= 0.6 is 27.5 Å². The molecule has 0 atom stereocenters. The van der Waals surface area contributed by atoms with Gasteiger partial charge in [-0.05, 0) is 45.8 Å². The molecule has 0 fully saturated rings. The van der Waals surface area contributed by atoms with Crippen molar-refractivity contribution in [1.29, 1.82) is 0 Å². The van der Waals surface area contributed by atoms with E-state index >= 15 is 0 Å². The maximum Gasteiger partial charge on any atom is 0.288 e. The van der Waals surface area contributed by atoms with Crippen LogP contribution in [-0.2, 0) is 4.79 Å². The van der Waals surface area contributed by atoms with Crippen molar-refractivity contribution in [3.63, 3.8) is 0 Å². The number of carbonyl (C=O) groups is 1. The molecule has 0 saturated heterocycles. The predicted octanol–water partition coefficient (Wildman–Crippen LogP) is 4.22. The number of aromatic hydroxyl groups is 1. The fraction of sp³-hybridized carbons (Fsp3) is 0.0625. The number of hydrogen-bond donors (Lipinski definition) is 2. The highest BCUT2D eigenvalue weighted by Gasteiger charge is 2.28. The van der Waals surface area contributed by atoms with Gasteiger partial charge in [-0.3, -0.25) is 14.9 Å². The highest BCUT2D eigenvalue weighted by molar-refractivity contribution is 9.10. The number of nitro groups is 1. The van der Waals surface area contributed by atoms with Crippen LogP contribution in [0.3, 0.4) is 0 Å². The molecule has 3 rings (SSSR count). The van der Waals surface area contributed by atoms with Gasteiger partial charge in [-0.2, -0.15) is 0 Å². The van der Waals surface area contributed by atoms with Crippen molar-refractivity contribution in [1.82, 2.24) is 0 Å². The Kier molecular flexibility index (Phi) is 4.40. The third-order valence-corrected chi connectivity index (χ3v) is 4.56. The van der Waals surface area contributed by atoms with Gasteiger partial charge in [-0.25, -0.2) is 0 Å². The topological polar surface area (TPSA) is 102 Å². The van der Waals surface area contributed by atoms with Gasteiger partial charge in [-0.15, -0.1) is 0 Å². The van der Waals surface area contributed by atoms with Crippen LogP contribution in [0.1, 0.15) is 11.1 Å². The SMILES string of the molecule is COc1cc(/C=C2/C(=O)Nc3cc(Cl)c([N+](=O)[O-])cc32)cc(Br)c1O. The molecule has 7 nitrogen and oxygen atoms in total. The third kappa shape index (κ3) is 3.06. The lowest BCUT2D eigenvalue weighted by molar-refractivity contribution is -0.384. The number of carbonyl (C=O) groups excluding carboxylic acids is 1. The Morgan fingerprint density at radius 2 is 2.08 bits per heavy atom. The fourth-order valence-corrected chi connectivity index (χ4v) is 3.18. The number of benzene rings is 2. The molecule has 0 saturated carbocycles. The molecule has 0 aromatic heterocycles. The quantitative estimate of drug-likeness (QED) is 0.435. The van der Waals surface area contributed by atoms with E-state index in [-0.39, 0.29) is 27.8 Å². The second-order valence-corrected chi connectivity index (χ2v) is 6.43. The number of rotatable bonds is 3. The minimum atomic E-state index is -0.608. The molecule has 1 aliphatic heterocycles. The summed E-state index contributed by atoms with van der Waals surface area (Å²) in [6, 6.07) is 5.75. The molecule has 25 heavy (non-hydrogen) atoms. The second kappa shape index (κ2) is 6.38. The predicted molar refractivity (Wildman–Crippen MR) is 97.0 cm³/mol. The highest BCUT2D eigenvalue weighted by atomic mass is 79.9. The molecule has 9 heteroatoms. The number of nitrogens with one attached hydrogen (secondary N) is 1. The minimum Gasteiger partial charge on any atom is -0.503 e. The van der Waals surface area contributed by atoms with E-state index in [0.717, 1.165) is 0 Å². The van der Waals surface area contributed by atoms with E-state index in [1.54, 1.807) is 18.2 Å². The molecule has 2 N–H and O–H groups in total. The van der Waals surface area contributed by atoms with Crippen LogP contribution in [0.2, 0.25) is 5.02 Å². The van der Waals surface area contributed by atoms with Crippen molar-refractivity contribution in [2.75, 3.05) is 12.4 Å². The summed E-state index contributed by atoms with van der Waals surface area (Å²) in [7, 11) is 1.40. The number of ether oxygens (including phenoxy) is 1. The lowest BCUT2D eigenvalue weighted by Crippen LogP contribution is -2.03. The molecule has 128 valence electrons. The van der Waals surface area contributed by atoms with Crippen molar-refractivity contribution in [2.24, 2.45) is 0 Å². The molecule has 1 aliphatic rings. The number of phenols is 1. The molecule has 2 aromatic rings. The normalized spacial score (nSPS) is 14.4. The van der Waals surface area contributed by atoms with Crippen molar-refractivity contribution in [3.05, 3.63) is 55.0 Å². The summed E-state index contributed by atoms with van der Waals surface area (Å²) in [4.78, 5) is 22.7. The van der Waals surface area contributed by atoms with Crippen LogP contribution in [-0.4, -0.2) is 23.0 Å². The number of fused-ring (bicyclic) bond motifs is 1. The van der Waals surface area contributed by atoms with Crippen molar-refractivity contribution in [3.8, 4) is 11.5 Å². The molecular weight excluding hydrogens is 416 g/mol. The number of amides is 1.